The number of aryl methyl sites for hydroxylation is 1. The quantitative estimate of drug-likeness (QED) is 0.777. The number of nitrogens with two attached hydrogens (primary N) is 1. The number of amidine groups is 1. The molecule has 0 radical (unpaired) electrons. The third-order valence-corrected chi connectivity index (χ3v) is 2.33. The fourth-order valence-corrected chi connectivity index (χ4v) is 1.45. The molecule has 1 atom stereocenters. The van der Waals surface area contributed by atoms with Gasteiger partial charge in [-0.15, -0.1) is 0 Å². The van der Waals surface area contributed by atoms with Crippen LogP contribution < -0.4 is 11.1 Å². The summed E-state index contributed by atoms with van der Waals surface area (Å²) in [6, 6.07) is 8.68. The van der Waals surface area contributed by atoms with Crippen LogP contribution in [0.25, 0.3) is 0 Å². The number of anilines is 1. The molecule has 3 N–H and O–H groups in total. The predicted octanol–water partition coefficient (Wildman–Crippen LogP) is 1.12. The van der Waals surface area contributed by atoms with Gasteiger partial charge in [-0.25, -0.2) is 4.99 Å². The maximum atomic E-state index is 5.41. The molecular weight excluding hydrogens is 190 g/mol. The highest BCUT2D eigenvalue weighted by atomic mass is 16.5. The lowest BCUT2D eigenvalue weighted by Crippen LogP contribution is -2.18. The van der Waals surface area contributed by atoms with Gasteiger partial charge in [0.2, 0.25) is 0 Å². The summed E-state index contributed by atoms with van der Waals surface area (Å²) in [4.78, 5) is 4.13. The van der Waals surface area contributed by atoms with Crippen LogP contribution in [0.15, 0.2) is 29.3 Å². The van der Waals surface area contributed by atoms with Gasteiger partial charge in [-0.3, -0.25) is 0 Å². The van der Waals surface area contributed by atoms with E-state index in [9.17, 15) is 0 Å². The minimum Gasteiger partial charge on any atom is -0.463 e. The molecule has 0 spiro atoms. The Morgan fingerprint density at radius 3 is 2.80 bits per heavy atom. The lowest BCUT2D eigenvalue weighted by Gasteiger charge is -2.08. The number of rotatable bonds is 3. The zero-order valence-corrected chi connectivity index (χ0v) is 8.73. The van der Waals surface area contributed by atoms with Crippen molar-refractivity contribution in [1.82, 2.24) is 0 Å². The SMILES string of the molecule is Cc1ccc(NCC2COC(N)=N2)cc1. The summed E-state index contributed by atoms with van der Waals surface area (Å²) in [7, 11) is 0. The summed E-state index contributed by atoms with van der Waals surface area (Å²) in [6.07, 6.45) is 0. The zero-order valence-electron chi connectivity index (χ0n) is 8.73. The molecule has 4 heteroatoms. The Balaban J connectivity index is 1.86. The number of hydrogen-bond donors (Lipinski definition) is 2. The van der Waals surface area contributed by atoms with Crippen molar-refractivity contribution in [3.05, 3.63) is 29.8 Å². The first-order chi connectivity index (χ1) is 7.24. The highest BCUT2D eigenvalue weighted by Crippen LogP contribution is 2.10. The van der Waals surface area contributed by atoms with Crippen molar-refractivity contribution >= 4 is 11.7 Å². The average Bonchev–Trinajstić information content (AvgIpc) is 2.64. The molecule has 0 aliphatic carbocycles. The first-order valence-corrected chi connectivity index (χ1v) is 5.00. The molecule has 0 saturated heterocycles. The summed E-state index contributed by atoms with van der Waals surface area (Å²) in [6.45, 7) is 3.40. The minimum atomic E-state index is 0.131. The standard InChI is InChI=1S/C11H15N3O/c1-8-2-4-9(5-3-8)13-6-10-7-15-11(12)14-10/h2-5,10,13H,6-7H2,1H3,(H2,12,14). The Hall–Kier alpha value is -1.71. The van der Waals surface area contributed by atoms with Crippen LogP contribution in [-0.4, -0.2) is 25.2 Å². The second kappa shape index (κ2) is 4.21. The number of nitrogens with one attached hydrogen (secondary N) is 1. The fourth-order valence-electron chi connectivity index (χ4n) is 1.45. The van der Waals surface area contributed by atoms with Crippen LogP contribution in [0.1, 0.15) is 5.56 Å². The normalized spacial score (nSPS) is 19.5. The van der Waals surface area contributed by atoms with Gasteiger partial charge >= 0.3 is 0 Å². The van der Waals surface area contributed by atoms with Crippen molar-refractivity contribution in [1.29, 1.82) is 0 Å². The number of benzene rings is 1. The molecule has 0 aromatic heterocycles. The van der Waals surface area contributed by atoms with Crippen molar-refractivity contribution in [2.24, 2.45) is 10.7 Å². The molecule has 2 rings (SSSR count). The second-order valence-electron chi connectivity index (χ2n) is 3.68. The van der Waals surface area contributed by atoms with Crippen LogP contribution in [0.3, 0.4) is 0 Å². The van der Waals surface area contributed by atoms with E-state index in [1.54, 1.807) is 0 Å². The fraction of sp³-hybridized carbons (Fsp3) is 0.364. The zero-order chi connectivity index (χ0) is 10.7. The highest BCUT2D eigenvalue weighted by Gasteiger charge is 2.15. The van der Waals surface area contributed by atoms with Gasteiger partial charge in [-0.1, -0.05) is 17.7 Å². The molecule has 0 amide bonds. The predicted molar refractivity (Wildman–Crippen MR) is 61.0 cm³/mol. The molecular formula is C11H15N3O. The molecule has 1 aliphatic heterocycles. The van der Waals surface area contributed by atoms with E-state index >= 15 is 0 Å². The molecule has 1 aliphatic rings. The third kappa shape index (κ3) is 2.62. The Morgan fingerprint density at radius 1 is 1.47 bits per heavy atom. The van der Waals surface area contributed by atoms with Crippen LogP contribution in [0.5, 0.6) is 0 Å². The second-order valence-corrected chi connectivity index (χ2v) is 3.68. The van der Waals surface area contributed by atoms with E-state index in [1.165, 1.54) is 5.56 Å². The van der Waals surface area contributed by atoms with Crippen LogP contribution in [0, 0.1) is 6.92 Å². The van der Waals surface area contributed by atoms with Gasteiger partial charge < -0.3 is 15.8 Å². The molecule has 15 heavy (non-hydrogen) atoms. The summed E-state index contributed by atoms with van der Waals surface area (Å²) in [5.41, 5.74) is 7.77. The molecule has 1 heterocycles. The van der Waals surface area contributed by atoms with E-state index in [0.29, 0.717) is 12.6 Å². The molecule has 80 valence electrons. The minimum absolute atomic E-state index is 0.131. The largest absolute Gasteiger partial charge is 0.463 e. The summed E-state index contributed by atoms with van der Waals surface area (Å²) >= 11 is 0. The molecule has 1 unspecified atom stereocenters. The van der Waals surface area contributed by atoms with Crippen molar-refractivity contribution in [2.45, 2.75) is 13.0 Å². The Kier molecular flexibility index (Phi) is 2.76. The van der Waals surface area contributed by atoms with Crippen LogP contribution in [-0.2, 0) is 4.74 Å². The first kappa shape index (κ1) is 9.83. The Labute approximate surface area is 89.1 Å². The molecule has 1 aromatic carbocycles. The van der Waals surface area contributed by atoms with E-state index in [2.05, 4.69) is 41.5 Å². The van der Waals surface area contributed by atoms with Crippen molar-refractivity contribution < 1.29 is 4.74 Å². The maximum absolute atomic E-state index is 5.41. The van der Waals surface area contributed by atoms with Crippen LogP contribution >= 0.6 is 0 Å². The molecule has 0 fully saturated rings. The Morgan fingerprint density at radius 2 is 2.20 bits per heavy atom. The number of hydrogen-bond acceptors (Lipinski definition) is 4. The first-order valence-electron chi connectivity index (χ1n) is 5.00. The molecule has 4 nitrogen and oxygen atoms in total. The molecule has 1 aromatic rings. The highest BCUT2D eigenvalue weighted by molar-refractivity contribution is 5.73. The smallest absolute Gasteiger partial charge is 0.282 e. The number of ether oxygens (including phenoxy) is 1. The van der Waals surface area contributed by atoms with E-state index in [-0.39, 0.29) is 6.04 Å². The average molecular weight is 205 g/mol. The summed E-state index contributed by atoms with van der Waals surface area (Å²) in [5.74, 6) is 0. The van der Waals surface area contributed by atoms with Gasteiger partial charge in [0.15, 0.2) is 0 Å². The van der Waals surface area contributed by atoms with Gasteiger partial charge in [0.1, 0.15) is 12.6 Å². The van der Waals surface area contributed by atoms with E-state index in [4.69, 9.17) is 10.5 Å². The maximum Gasteiger partial charge on any atom is 0.282 e. The van der Waals surface area contributed by atoms with Crippen molar-refractivity contribution in [3.8, 4) is 0 Å². The topological polar surface area (TPSA) is 59.6 Å². The van der Waals surface area contributed by atoms with Crippen LogP contribution in [0.4, 0.5) is 5.69 Å². The Bertz CT molecular complexity index is 359. The van der Waals surface area contributed by atoms with Gasteiger partial charge in [0.25, 0.3) is 6.02 Å². The number of nitrogens with zero attached hydrogens (tertiary/aromatic N) is 1. The summed E-state index contributed by atoms with van der Waals surface area (Å²) < 4.78 is 5.06. The van der Waals surface area contributed by atoms with Gasteiger partial charge in [0, 0.05) is 12.2 Å². The monoisotopic (exact) mass is 205 g/mol. The van der Waals surface area contributed by atoms with Gasteiger partial charge in [-0.05, 0) is 19.1 Å². The van der Waals surface area contributed by atoms with E-state index in [1.807, 2.05) is 0 Å². The van der Waals surface area contributed by atoms with E-state index < -0.39 is 0 Å². The lowest BCUT2D eigenvalue weighted by atomic mass is 10.2. The van der Waals surface area contributed by atoms with Crippen molar-refractivity contribution in [3.63, 3.8) is 0 Å². The molecule has 0 bridgehead atoms. The van der Waals surface area contributed by atoms with Crippen LogP contribution in [0.2, 0.25) is 0 Å². The van der Waals surface area contributed by atoms with Gasteiger partial charge in [-0.2, -0.15) is 0 Å². The van der Waals surface area contributed by atoms with E-state index in [0.717, 1.165) is 12.2 Å². The summed E-state index contributed by atoms with van der Waals surface area (Å²) in [5, 5.41) is 3.29. The third-order valence-electron chi connectivity index (χ3n) is 2.33. The van der Waals surface area contributed by atoms with Gasteiger partial charge in [0.05, 0.1) is 0 Å². The lowest BCUT2D eigenvalue weighted by molar-refractivity contribution is 0.316. The number of aliphatic imine (C=N–C) groups is 1. The molecule has 0 saturated carbocycles. The van der Waals surface area contributed by atoms with Crippen molar-refractivity contribution in [2.75, 3.05) is 18.5 Å².